The van der Waals surface area contributed by atoms with Crippen LogP contribution in [0.1, 0.15) is 35.7 Å². The predicted molar refractivity (Wildman–Crippen MR) is 141 cm³/mol. The molecule has 0 unspecified atom stereocenters. The van der Waals surface area contributed by atoms with Gasteiger partial charge in [-0.25, -0.2) is 24.3 Å². The lowest BCUT2D eigenvalue weighted by atomic mass is 10.1. The van der Waals surface area contributed by atoms with Gasteiger partial charge in [-0.05, 0) is 29.9 Å². The zero-order chi connectivity index (χ0) is 27.9. The lowest BCUT2D eigenvalue weighted by Crippen LogP contribution is -2.05. The zero-order valence-corrected chi connectivity index (χ0v) is 22.2. The van der Waals surface area contributed by atoms with Crippen LogP contribution in [0.15, 0.2) is 54.6 Å². The molecule has 4 aromatic heterocycles. The molecule has 0 spiro atoms. The molecule has 5 aromatic rings. The molecule has 1 aromatic carbocycles. The zero-order valence-electron chi connectivity index (χ0n) is 21.4. The maximum Gasteiger partial charge on any atom is 0.434 e. The molecule has 40 heavy (non-hydrogen) atoms. The van der Waals surface area contributed by atoms with E-state index in [1.165, 1.54) is 29.5 Å². The predicted octanol–water partition coefficient (Wildman–Crippen LogP) is 5.94. The molecular formula is C27H22F3N7O2S. The molecule has 1 aliphatic rings. The van der Waals surface area contributed by atoms with Gasteiger partial charge >= 0.3 is 6.18 Å². The van der Waals surface area contributed by atoms with E-state index in [-0.39, 0.29) is 12.4 Å². The summed E-state index contributed by atoms with van der Waals surface area (Å²) in [7, 11) is 3.08. The van der Waals surface area contributed by atoms with E-state index in [9.17, 15) is 13.2 Å². The summed E-state index contributed by atoms with van der Waals surface area (Å²) in [4.78, 5) is 21.9. The molecule has 0 saturated heterocycles. The summed E-state index contributed by atoms with van der Waals surface area (Å²) >= 11 is 1.30. The number of aromatic nitrogens is 7. The van der Waals surface area contributed by atoms with Crippen molar-refractivity contribution in [2.24, 2.45) is 7.05 Å². The summed E-state index contributed by atoms with van der Waals surface area (Å²) in [6.45, 7) is 0.160. The topological polar surface area (TPSA) is 101 Å². The summed E-state index contributed by atoms with van der Waals surface area (Å²) < 4.78 is 56.5. The van der Waals surface area contributed by atoms with E-state index in [0.29, 0.717) is 40.2 Å². The average Bonchev–Trinajstić information content (AvgIpc) is 3.50. The van der Waals surface area contributed by atoms with Gasteiger partial charge < -0.3 is 14.0 Å². The fraction of sp³-hybridized carbons (Fsp3) is 0.259. The highest BCUT2D eigenvalue weighted by atomic mass is 32.1. The number of nitrogens with zero attached hydrogens (tertiary/aromatic N) is 7. The third-order valence-electron chi connectivity index (χ3n) is 6.47. The Balaban J connectivity index is 1.30. The van der Waals surface area contributed by atoms with Crippen LogP contribution in [0.4, 0.5) is 13.2 Å². The van der Waals surface area contributed by atoms with Crippen LogP contribution >= 0.6 is 11.5 Å². The van der Waals surface area contributed by atoms with Crippen molar-refractivity contribution in [1.29, 1.82) is 0 Å². The monoisotopic (exact) mass is 565 g/mol. The van der Waals surface area contributed by atoms with Gasteiger partial charge in [0.15, 0.2) is 11.5 Å². The first-order valence-corrected chi connectivity index (χ1v) is 13.1. The number of benzene rings is 1. The van der Waals surface area contributed by atoms with Crippen molar-refractivity contribution in [2.45, 2.75) is 31.5 Å². The van der Waals surface area contributed by atoms with E-state index >= 15 is 0 Å². The molecule has 0 bridgehead atoms. The van der Waals surface area contributed by atoms with Crippen LogP contribution in [-0.4, -0.2) is 41.0 Å². The van der Waals surface area contributed by atoms with E-state index in [2.05, 4.69) is 24.3 Å². The minimum atomic E-state index is -4.51. The molecule has 0 amide bonds. The fourth-order valence-electron chi connectivity index (χ4n) is 4.32. The standard InChI is InChI=1S/C27H22F3N7O2S/c1-37-11-20(27(28,29)30)35-24(37)17-5-3-15(4-6-17)12-39-25-19(18-9-34-40-13-18)10-31-23(36-25)21-22(16-7-8-16)32-14-33-26(21)38-2/h3-6,9-11,13-14,16H,7-8,12H2,1-2H3. The van der Waals surface area contributed by atoms with Gasteiger partial charge in [0, 0.05) is 48.1 Å². The maximum atomic E-state index is 13.1. The number of aryl methyl sites for hydroxylation is 1. The summed E-state index contributed by atoms with van der Waals surface area (Å²) in [6, 6.07) is 6.99. The molecule has 0 N–H and O–H groups in total. The Morgan fingerprint density at radius 2 is 1.80 bits per heavy atom. The summed E-state index contributed by atoms with van der Waals surface area (Å²) in [6.07, 6.45) is 3.41. The normalized spacial score (nSPS) is 13.4. The lowest BCUT2D eigenvalue weighted by Gasteiger charge is -2.14. The number of hydrogen-bond donors (Lipinski definition) is 0. The second-order valence-corrected chi connectivity index (χ2v) is 9.94. The average molecular weight is 566 g/mol. The van der Waals surface area contributed by atoms with E-state index < -0.39 is 11.9 Å². The highest BCUT2D eigenvalue weighted by Crippen LogP contribution is 2.45. The quantitative estimate of drug-likeness (QED) is 0.228. The fourth-order valence-corrected chi connectivity index (χ4v) is 4.86. The van der Waals surface area contributed by atoms with E-state index in [4.69, 9.17) is 14.5 Å². The van der Waals surface area contributed by atoms with Gasteiger partial charge in [-0.15, -0.1) is 0 Å². The first kappa shape index (κ1) is 25.9. The number of hydrogen-bond acceptors (Lipinski definition) is 9. The van der Waals surface area contributed by atoms with Crippen LogP contribution in [0.3, 0.4) is 0 Å². The van der Waals surface area contributed by atoms with Crippen molar-refractivity contribution in [3.8, 4) is 45.7 Å². The number of ether oxygens (including phenoxy) is 2. The molecule has 1 fully saturated rings. The van der Waals surface area contributed by atoms with E-state index in [1.807, 2.05) is 5.38 Å². The Hall–Kier alpha value is -4.39. The van der Waals surface area contributed by atoms with Crippen LogP contribution in [0, 0.1) is 0 Å². The summed E-state index contributed by atoms with van der Waals surface area (Å²) in [5.74, 6) is 1.67. The largest absolute Gasteiger partial charge is 0.480 e. The molecule has 1 aliphatic carbocycles. The third kappa shape index (κ3) is 5.11. The van der Waals surface area contributed by atoms with Crippen LogP contribution in [-0.2, 0) is 19.8 Å². The molecule has 204 valence electrons. The molecule has 6 rings (SSSR count). The maximum absolute atomic E-state index is 13.1. The van der Waals surface area contributed by atoms with Crippen LogP contribution in [0.25, 0.3) is 33.9 Å². The number of methoxy groups -OCH3 is 1. The summed E-state index contributed by atoms with van der Waals surface area (Å²) in [5, 5.41) is 1.88. The summed E-state index contributed by atoms with van der Waals surface area (Å²) in [5.41, 5.74) is 3.40. The lowest BCUT2D eigenvalue weighted by molar-refractivity contribution is -0.140. The van der Waals surface area contributed by atoms with Gasteiger partial charge in [0.2, 0.25) is 11.8 Å². The number of alkyl halides is 3. The second-order valence-electron chi connectivity index (χ2n) is 9.29. The molecule has 0 radical (unpaired) electrons. The van der Waals surface area contributed by atoms with Crippen molar-refractivity contribution < 1.29 is 22.6 Å². The van der Waals surface area contributed by atoms with Crippen LogP contribution < -0.4 is 9.47 Å². The van der Waals surface area contributed by atoms with Crippen molar-refractivity contribution in [3.63, 3.8) is 0 Å². The van der Waals surface area contributed by atoms with Gasteiger partial charge in [-0.1, -0.05) is 24.3 Å². The number of imidazole rings is 1. The Morgan fingerprint density at radius 3 is 2.45 bits per heavy atom. The molecule has 13 heteroatoms. The molecule has 1 saturated carbocycles. The minimum absolute atomic E-state index is 0.160. The van der Waals surface area contributed by atoms with Crippen molar-refractivity contribution in [3.05, 3.63) is 71.5 Å². The van der Waals surface area contributed by atoms with Crippen molar-refractivity contribution >= 4 is 11.5 Å². The molecule has 9 nitrogen and oxygen atoms in total. The Bertz CT molecular complexity index is 1650. The number of halogens is 3. The Labute approximate surface area is 230 Å². The molecule has 4 heterocycles. The molecule has 0 atom stereocenters. The van der Waals surface area contributed by atoms with Crippen molar-refractivity contribution in [1.82, 2.24) is 33.9 Å². The SMILES string of the molecule is COc1ncnc(C2CC2)c1-c1ncc(-c2cnsc2)c(OCc2ccc(-c3nc(C(F)(F)F)cn3C)cc2)n1. The highest BCUT2D eigenvalue weighted by molar-refractivity contribution is 7.03. The van der Waals surface area contributed by atoms with Gasteiger partial charge in [0.1, 0.15) is 24.3 Å². The van der Waals surface area contributed by atoms with E-state index in [1.54, 1.807) is 43.8 Å². The molecule has 0 aliphatic heterocycles. The van der Waals surface area contributed by atoms with Gasteiger partial charge in [0.25, 0.3) is 0 Å². The minimum Gasteiger partial charge on any atom is -0.480 e. The van der Waals surface area contributed by atoms with Gasteiger partial charge in [-0.3, -0.25) is 0 Å². The first-order valence-electron chi connectivity index (χ1n) is 12.3. The van der Waals surface area contributed by atoms with Gasteiger partial charge in [-0.2, -0.15) is 18.2 Å². The third-order valence-corrected chi connectivity index (χ3v) is 7.06. The number of rotatable bonds is 8. The van der Waals surface area contributed by atoms with Crippen LogP contribution in [0.2, 0.25) is 0 Å². The Morgan fingerprint density at radius 1 is 1.00 bits per heavy atom. The molecular weight excluding hydrogens is 543 g/mol. The van der Waals surface area contributed by atoms with Crippen molar-refractivity contribution in [2.75, 3.05) is 7.11 Å². The Kier molecular flexibility index (Phi) is 6.66. The van der Waals surface area contributed by atoms with E-state index in [0.717, 1.165) is 35.9 Å². The second kappa shape index (κ2) is 10.3. The smallest absolute Gasteiger partial charge is 0.434 e. The van der Waals surface area contributed by atoms with Gasteiger partial charge in [0.05, 0.1) is 18.4 Å². The first-order chi connectivity index (χ1) is 19.3. The van der Waals surface area contributed by atoms with Crippen LogP contribution in [0.5, 0.6) is 11.8 Å². The highest BCUT2D eigenvalue weighted by Gasteiger charge is 2.34.